The Hall–Kier alpha value is -1.85. The van der Waals surface area contributed by atoms with Gasteiger partial charge in [-0.2, -0.15) is 0 Å². The molecule has 2 amide bonds. The van der Waals surface area contributed by atoms with E-state index >= 15 is 0 Å². The van der Waals surface area contributed by atoms with Gasteiger partial charge in [-0.1, -0.05) is 23.8 Å². The molecule has 0 aliphatic carbocycles. The highest BCUT2D eigenvalue weighted by molar-refractivity contribution is 6.31. The highest BCUT2D eigenvalue weighted by Gasteiger charge is 2.61. The van der Waals surface area contributed by atoms with Gasteiger partial charge >= 0.3 is 0 Å². The SMILES string of the molecule is COc1ccc(Cl)cc1N1C(=O)[C@@H]2[C@H](C1=O)[C@H]1C=C[C@H]2O1. The van der Waals surface area contributed by atoms with E-state index in [0.717, 1.165) is 0 Å². The number of methoxy groups -OCH3 is 1. The molecule has 3 heterocycles. The van der Waals surface area contributed by atoms with Crippen molar-refractivity contribution in [1.29, 1.82) is 0 Å². The van der Waals surface area contributed by atoms with E-state index in [1.54, 1.807) is 18.2 Å². The summed E-state index contributed by atoms with van der Waals surface area (Å²) in [7, 11) is 1.49. The molecule has 4 atom stereocenters. The molecule has 2 fully saturated rings. The van der Waals surface area contributed by atoms with E-state index in [1.807, 2.05) is 12.2 Å². The van der Waals surface area contributed by atoms with Crippen LogP contribution in [0.5, 0.6) is 5.75 Å². The second kappa shape index (κ2) is 4.32. The van der Waals surface area contributed by atoms with Crippen molar-refractivity contribution in [3.63, 3.8) is 0 Å². The van der Waals surface area contributed by atoms with Crippen LogP contribution in [0.1, 0.15) is 0 Å². The number of carbonyl (C=O) groups is 2. The molecule has 5 nitrogen and oxygen atoms in total. The molecular weight excluding hydrogens is 294 g/mol. The number of benzene rings is 1. The summed E-state index contributed by atoms with van der Waals surface area (Å²) in [4.78, 5) is 26.5. The summed E-state index contributed by atoms with van der Waals surface area (Å²) >= 11 is 6.00. The molecule has 1 aromatic carbocycles. The maximum absolute atomic E-state index is 12.7. The summed E-state index contributed by atoms with van der Waals surface area (Å²) in [5.74, 6) is -0.917. The van der Waals surface area contributed by atoms with Crippen molar-refractivity contribution in [1.82, 2.24) is 0 Å². The Kier molecular flexibility index (Phi) is 2.65. The van der Waals surface area contributed by atoms with Gasteiger partial charge in [-0.05, 0) is 18.2 Å². The number of amides is 2. The van der Waals surface area contributed by atoms with Gasteiger partial charge in [0.15, 0.2) is 0 Å². The van der Waals surface area contributed by atoms with Gasteiger partial charge in [0.25, 0.3) is 0 Å². The fraction of sp³-hybridized carbons (Fsp3) is 0.333. The average molecular weight is 306 g/mol. The van der Waals surface area contributed by atoms with Crippen molar-refractivity contribution in [2.24, 2.45) is 11.8 Å². The van der Waals surface area contributed by atoms with Crippen molar-refractivity contribution in [2.75, 3.05) is 12.0 Å². The molecule has 3 aliphatic heterocycles. The molecule has 3 aliphatic rings. The number of hydrogen-bond acceptors (Lipinski definition) is 4. The Morgan fingerprint density at radius 1 is 1.14 bits per heavy atom. The third-order valence-corrected chi connectivity index (χ3v) is 4.53. The van der Waals surface area contributed by atoms with E-state index in [-0.39, 0.29) is 24.0 Å². The average Bonchev–Trinajstić information content (AvgIpc) is 3.13. The first-order valence-electron chi connectivity index (χ1n) is 6.67. The van der Waals surface area contributed by atoms with Gasteiger partial charge in [0.1, 0.15) is 5.75 Å². The molecule has 21 heavy (non-hydrogen) atoms. The molecule has 0 unspecified atom stereocenters. The zero-order valence-corrected chi connectivity index (χ0v) is 11.9. The Morgan fingerprint density at radius 2 is 1.76 bits per heavy atom. The molecule has 0 spiro atoms. The zero-order chi connectivity index (χ0) is 14.7. The maximum Gasteiger partial charge on any atom is 0.240 e. The molecule has 4 rings (SSSR count). The number of hydrogen-bond donors (Lipinski definition) is 0. The number of halogens is 1. The number of nitrogens with zero attached hydrogens (tertiary/aromatic N) is 1. The van der Waals surface area contributed by atoms with Crippen molar-refractivity contribution in [3.8, 4) is 5.75 Å². The van der Waals surface area contributed by atoms with E-state index in [2.05, 4.69) is 0 Å². The van der Waals surface area contributed by atoms with Crippen LogP contribution in [-0.2, 0) is 14.3 Å². The van der Waals surface area contributed by atoms with Crippen molar-refractivity contribution >= 4 is 29.1 Å². The standard InChI is InChI=1S/C15H12ClNO4/c1-20-9-3-2-7(16)6-8(9)17-14(18)12-10-4-5-11(21-10)13(12)15(17)19/h2-6,10-13H,1H3/t10-,11-,12-,13+/m1/s1. The minimum atomic E-state index is -0.434. The number of imide groups is 1. The first kappa shape index (κ1) is 12.9. The first-order chi connectivity index (χ1) is 10.1. The Morgan fingerprint density at radius 3 is 2.33 bits per heavy atom. The van der Waals surface area contributed by atoms with E-state index in [1.165, 1.54) is 12.0 Å². The number of anilines is 1. The quantitative estimate of drug-likeness (QED) is 0.617. The van der Waals surface area contributed by atoms with Gasteiger partial charge in [0.2, 0.25) is 11.8 Å². The fourth-order valence-electron chi connectivity index (χ4n) is 3.38. The highest BCUT2D eigenvalue weighted by atomic mass is 35.5. The lowest BCUT2D eigenvalue weighted by Crippen LogP contribution is -2.34. The number of fused-ring (bicyclic) bond motifs is 5. The Bertz CT molecular complexity index is 656. The Labute approximate surface area is 126 Å². The van der Waals surface area contributed by atoms with Gasteiger partial charge in [-0.15, -0.1) is 0 Å². The van der Waals surface area contributed by atoms with E-state index in [9.17, 15) is 9.59 Å². The van der Waals surface area contributed by atoms with Gasteiger partial charge in [0.05, 0.1) is 36.8 Å². The largest absolute Gasteiger partial charge is 0.495 e. The van der Waals surface area contributed by atoms with Gasteiger partial charge in [-0.25, -0.2) is 4.90 Å². The molecule has 0 radical (unpaired) electrons. The molecule has 6 heteroatoms. The summed E-state index contributed by atoms with van der Waals surface area (Å²) in [5, 5.41) is 0.445. The fourth-order valence-corrected chi connectivity index (χ4v) is 3.55. The number of ether oxygens (including phenoxy) is 2. The minimum Gasteiger partial charge on any atom is -0.495 e. The number of rotatable bonds is 2. The molecule has 1 aromatic rings. The lowest BCUT2D eigenvalue weighted by atomic mass is 9.85. The van der Waals surface area contributed by atoms with Crippen molar-refractivity contribution in [2.45, 2.75) is 12.2 Å². The van der Waals surface area contributed by atoms with Gasteiger partial charge < -0.3 is 9.47 Å². The summed E-state index contributed by atoms with van der Waals surface area (Å²) < 4.78 is 10.9. The van der Waals surface area contributed by atoms with Gasteiger partial charge in [-0.3, -0.25) is 9.59 Å². The Balaban J connectivity index is 1.79. The molecule has 2 bridgehead atoms. The summed E-state index contributed by atoms with van der Waals surface area (Å²) in [6.45, 7) is 0. The normalized spacial score (nSPS) is 33.0. The summed E-state index contributed by atoms with van der Waals surface area (Å²) in [6.07, 6.45) is 3.11. The van der Waals surface area contributed by atoms with Crippen LogP contribution >= 0.6 is 11.6 Å². The second-order valence-electron chi connectivity index (χ2n) is 5.33. The van der Waals surface area contributed by atoms with Gasteiger partial charge in [0, 0.05) is 5.02 Å². The lowest BCUT2D eigenvalue weighted by molar-refractivity contribution is -0.124. The lowest BCUT2D eigenvalue weighted by Gasteiger charge is -2.20. The summed E-state index contributed by atoms with van der Waals surface area (Å²) in [5.41, 5.74) is 0.397. The molecule has 0 saturated carbocycles. The minimum absolute atomic E-state index is 0.248. The van der Waals surface area contributed by atoms with Crippen LogP contribution in [0.3, 0.4) is 0 Å². The topological polar surface area (TPSA) is 55.8 Å². The summed E-state index contributed by atoms with van der Waals surface area (Å²) in [6, 6.07) is 4.88. The molecule has 0 N–H and O–H groups in total. The van der Waals surface area contributed by atoms with Crippen molar-refractivity contribution in [3.05, 3.63) is 35.4 Å². The molecule has 108 valence electrons. The molecule has 0 aromatic heterocycles. The smallest absolute Gasteiger partial charge is 0.240 e. The third-order valence-electron chi connectivity index (χ3n) is 4.29. The van der Waals surface area contributed by atoms with E-state index in [0.29, 0.717) is 16.5 Å². The monoisotopic (exact) mass is 305 g/mol. The molecule has 2 saturated heterocycles. The van der Waals surface area contributed by atoms with Crippen LogP contribution in [0.25, 0.3) is 0 Å². The molecular formula is C15H12ClNO4. The van der Waals surface area contributed by atoms with E-state index < -0.39 is 11.8 Å². The predicted octanol–water partition coefficient (Wildman–Crippen LogP) is 1.79. The van der Waals surface area contributed by atoms with Crippen LogP contribution < -0.4 is 9.64 Å². The second-order valence-corrected chi connectivity index (χ2v) is 5.77. The number of carbonyl (C=O) groups excluding carboxylic acids is 2. The first-order valence-corrected chi connectivity index (χ1v) is 7.05. The third kappa shape index (κ3) is 1.61. The zero-order valence-electron chi connectivity index (χ0n) is 11.2. The predicted molar refractivity (Wildman–Crippen MR) is 75.3 cm³/mol. The van der Waals surface area contributed by atoms with Crippen LogP contribution in [0.4, 0.5) is 5.69 Å². The van der Waals surface area contributed by atoms with Crippen LogP contribution in [-0.4, -0.2) is 31.1 Å². The van der Waals surface area contributed by atoms with E-state index in [4.69, 9.17) is 21.1 Å². The van der Waals surface area contributed by atoms with Crippen LogP contribution in [0, 0.1) is 11.8 Å². The highest BCUT2D eigenvalue weighted by Crippen LogP contribution is 2.47. The van der Waals surface area contributed by atoms with Crippen LogP contribution in [0.15, 0.2) is 30.4 Å². The van der Waals surface area contributed by atoms with Crippen LogP contribution in [0.2, 0.25) is 5.02 Å². The van der Waals surface area contributed by atoms with Crippen molar-refractivity contribution < 1.29 is 19.1 Å². The maximum atomic E-state index is 12.7.